The molecule has 1 heterocycles. The summed E-state index contributed by atoms with van der Waals surface area (Å²) >= 11 is 0. The van der Waals surface area contributed by atoms with Gasteiger partial charge in [-0.15, -0.1) is 0 Å². The third-order valence-corrected chi connectivity index (χ3v) is 3.73. The van der Waals surface area contributed by atoms with Crippen molar-refractivity contribution in [2.24, 2.45) is 0 Å². The molecule has 2 N–H and O–H groups in total. The predicted molar refractivity (Wildman–Crippen MR) is 74.4 cm³/mol. The largest absolute Gasteiger partial charge is 0.390 e. The van der Waals surface area contributed by atoms with Gasteiger partial charge < -0.3 is 10.4 Å². The van der Waals surface area contributed by atoms with Crippen molar-refractivity contribution in [1.29, 1.82) is 0 Å². The number of aromatic nitrogens is 2. The minimum absolute atomic E-state index is 0.0473. The van der Waals surface area contributed by atoms with Crippen molar-refractivity contribution in [3.05, 3.63) is 22.5 Å². The Hall–Kier alpha value is -1.47. The van der Waals surface area contributed by atoms with Gasteiger partial charge in [-0.05, 0) is 12.8 Å². The predicted octanol–water partition coefficient (Wildman–Crippen LogP) is 1.46. The summed E-state index contributed by atoms with van der Waals surface area (Å²) in [5.74, 6) is 0. The number of hydrogen-bond donors (Lipinski definition) is 2. The maximum absolute atomic E-state index is 10.5. The Morgan fingerprint density at radius 1 is 1.45 bits per heavy atom. The molecule has 1 aliphatic carbocycles. The van der Waals surface area contributed by atoms with Crippen molar-refractivity contribution in [2.45, 2.75) is 57.2 Å². The smallest absolute Gasteiger partial charge is 0.306 e. The van der Waals surface area contributed by atoms with E-state index < -0.39 is 11.0 Å². The number of aliphatic hydroxyl groups excluding tert-OH is 1. The fourth-order valence-corrected chi connectivity index (χ4v) is 2.61. The Labute approximate surface area is 118 Å². The van der Waals surface area contributed by atoms with Gasteiger partial charge in [-0.2, -0.15) is 5.10 Å². The molecule has 0 aliphatic heterocycles. The third kappa shape index (κ3) is 4.57. The van der Waals surface area contributed by atoms with Crippen LogP contribution in [0.3, 0.4) is 0 Å². The standard InChI is InChI=1S/C13H22N4O3/c18-13(8-14-11-5-3-1-2-4-6-11)10-16-9-12(7-15-16)17(19)20/h7,9,11,13-14,18H,1-6,8,10H2. The molecule has 0 spiro atoms. The van der Waals surface area contributed by atoms with Crippen LogP contribution in [0.25, 0.3) is 0 Å². The van der Waals surface area contributed by atoms with Crippen LogP contribution in [-0.4, -0.2) is 38.5 Å². The fourth-order valence-electron chi connectivity index (χ4n) is 2.61. The Morgan fingerprint density at radius 2 is 2.15 bits per heavy atom. The average molecular weight is 282 g/mol. The summed E-state index contributed by atoms with van der Waals surface area (Å²) in [5.41, 5.74) is -0.0473. The SMILES string of the molecule is O=[N+]([O-])c1cnn(CC(O)CNC2CCCCCC2)c1. The molecule has 0 aromatic carbocycles. The zero-order valence-electron chi connectivity index (χ0n) is 11.6. The van der Waals surface area contributed by atoms with E-state index in [1.54, 1.807) is 0 Å². The molecule has 0 saturated heterocycles. The second-order valence-corrected chi connectivity index (χ2v) is 5.43. The van der Waals surface area contributed by atoms with Gasteiger partial charge >= 0.3 is 5.69 Å². The van der Waals surface area contributed by atoms with Crippen LogP contribution in [0.2, 0.25) is 0 Å². The van der Waals surface area contributed by atoms with Crippen molar-refractivity contribution in [2.75, 3.05) is 6.54 Å². The van der Waals surface area contributed by atoms with Crippen LogP contribution in [0.5, 0.6) is 0 Å². The number of rotatable bonds is 6. The fraction of sp³-hybridized carbons (Fsp3) is 0.769. The molecule has 7 heteroatoms. The summed E-state index contributed by atoms with van der Waals surface area (Å²) in [6.45, 7) is 0.770. The van der Waals surface area contributed by atoms with Gasteiger partial charge in [0.2, 0.25) is 0 Å². The number of nitrogens with zero attached hydrogens (tertiary/aromatic N) is 3. The quantitative estimate of drug-likeness (QED) is 0.468. The maximum atomic E-state index is 10.5. The highest BCUT2D eigenvalue weighted by Gasteiger charge is 2.15. The highest BCUT2D eigenvalue weighted by atomic mass is 16.6. The number of nitro groups is 1. The minimum Gasteiger partial charge on any atom is -0.390 e. The lowest BCUT2D eigenvalue weighted by Crippen LogP contribution is -2.37. The zero-order valence-corrected chi connectivity index (χ0v) is 11.6. The van der Waals surface area contributed by atoms with Crippen LogP contribution in [0.4, 0.5) is 5.69 Å². The lowest BCUT2D eigenvalue weighted by Gasteiger charge is -2.19. The van der Waals surface area contributed by atoms with Gasteiger partial charge in [0.15, 0.2) is 0 Å². The summed E-state index contributed by atoms with van der Waals surface area (Å²) < 4.78 is 1.41. The van der Waals surface area contributed by atoms with Crippen LogP contribution in [0.1, 0.15) is 38.5 Å². The molecule has 1 saturated carbocycles. The molecule has 0 amide bonds. The van der Waals surface area contributed by atoms with E-state index in [1.165, 1.54) is 55.6 Å². The summed E-state index contributed by atoms with van der Waals surface area (Å²) in [5, 5.41) is 27.8. The molecule has 0 radical (unpaired) electrons. The van der Waals surface area contributed by atoms with Gasteiger partial charge in [-0.3, -0.25) is 14.8 Å². The van der Waals surface area contributed by atoms with E-state index in [0.717, 1.165) is 0 Å². The second kappa shape index (κ2) is 7.35. The van der Waals surface area contributed by atoms with Gasteiger partial charge in [0, 0.05) is 12.6 Å². The van der Waals surface area contributed by atoms with Crippen molar-refractivity contribution in [3.63, 3.8) is 0 Å². The molecule has 0 bridgehead atoms. The Kier molecular flexibility index (Phi) is 5.49. The van der Waals surface area contributed by atoms with E-state index in [-0.39, 0.29) is 12.2 Å². The average Bonchev–Trinajstić information content (AvgIpc) is 2.72. The number of hydrogen-bond acceptors (Lipinski definition) is 5. The van der Waals surface area contributed by atoms with Crippen LogP contribution >= 0.6 is 0 Å². The van der Waals surface area contributed by atoms with Crippen molar-refractivity contribution < 1.29 is 10.0 Å². The van der Waals surface area contributed by atoms with Gasteiger partial charge in [0.25, 0.3) is 0 Å². The van der Waals surface area contributed by atoms with Gasteiger partial charge in [0.1, 0.15) is 12.4 Å². The van der Waals surface area contributed by atoms with Crippen molar-refractivity contribution in [3.8, 4) is 0 Å². The highest BCUT2D eigenvalue weighted by molar-refractivity contribution is 5.20. The second-order valence-electron chi connectivity index (χ2n) is 5.43. The topological polar surface area (TPSA) is 93.2 Å². The van der Waals surface area contributed by atoms with E-state index >= 15 is 0 Å². The first-order valence-electron chi connectivity index (χ1n) is 7.23. The Balaban J connectivity index is 1.73. The van der Waals surface area contributed by atoms with E-state index in [9.17, 15) is 15.2 Å². The van der Waals surface area contributed by atoms with E-state index in [4.69, 9.17) is 0 Å². The number of nitrogens with one attached hydrogen (secondary N) is 1. The summed E-state index contributed by atoms with van der Waals surface area (Å²) in [6.07, 6.45) is 9.39. The molecule has 7 nitrogen and oxygen atoms in total. The molecule has 1 unspecified atom stereocenters. The van der Waals surface area contributed by atoms with Crippen molar-refractivity contribution >= 4 is 5.69 Å². The zero-order chi connectivity index (χ0) is 14.4. The monoisotopic (exact) mass is 282 g/mol. The molecule has 1 aromatic rings. The molecule has 112 valence electrons. The van der Waals surface area contributed by atoms with Crippen LogP contribution in [-0.2, 0) is 6.54 Å². The van der Waals surface area contributed by atoms with Gasteiger partial charge in [-0.25, -0.2) is 0 Å². The molecule has 20 heavy (non-hydrogen) atoms. The van der Waals surface area contributed by atoms with E-state index in [0.29, 0.717) is 12.6 Å². The lowest BCUT2D eigenvalue weighted by atomic mass is 10.1. The summed E-state index contributed by atoms with van der Waals surface area (Å²) in [4.78, 5) is 10.1. The lowest BCUT2D eigenvalue weighted by molar-refractivity contribution is -0.385. The summed E-state index contributed by atoms with van der Waals surface area (Å²) in [7, 11) is 0. The van der Waals surface area contributed by atoms with Crippen LogP contribution in [0.15, 0.2) is 12.4 Å². The van der Waals surface area contributed by atoms with E-state index in [1.807, 2.05) is 0 Å². The molecule has 1 aromatic heterocycles. The highest BCUT2D eigenvalue weighted by Crippen LogP contribution is 2.17. The third-order valence-electron chi connectivity index (χ3n) is 3.73. The molecule has 1 aliphatic rings. The van der Waals surface area contributed by atoms with Crippen molar-refractivity contribution in [1.82, 2.24) is 15.1 Å². The van der Waals surface area contributed by atoms with Crippen LogP contribution < -0.4 is 5.32 Å². The molecule has 1 atom stereocenters. The van der Waals surface area contributed by atoms with Gasteiger partial charge in [-0.1, -0.05) is 25.7 Å². The Morgan fingerprint density at radius 3 is 2.75 bits per heavy atom. The van der Waals surface area contributed by atoms with Crippen LogP contribution in [0, 0.1) is 10.1 Å². The molecule has 1 fully saturated rings. The first-order chi connectivity index (χ1) is 9.65. The number of aliphatic hydroxyl groups is 1. The normalized spacial score (nSPS) is 18.6. The summed E-state index contributed by atoms with van der Waals surface area (Å²) in [6, 6.07) is 0.485. The van der Waals surface area contributed by atoms with E-state index in [2.05, 4.69) is 10.4 Å². The molecular formula is C13H22N4O3. The molecular weight excluding hydrogens is 260 g/mol. The first kappa shape index (κ1) is 14.9. The first-order valence-corrected chi connectivity index (χ1v) is 7.23. The van der Waals surface area contributed by atoms with Gasteiger partial charge in [0.05, 0.1) is 17.6 Å². The minimum atomic E-state index is -0.585. The molecule has 2 rings (SSSR count). The Bertz CT molecular complexity index is 427. The maximum Gasteiger partial charge on any atom is 0.306 e.